The van der Waals surface area contributed by atoms with Crippen LogP contribution in [0.15, 0.2) is 18.2 Å². The number of nitrogen functional groups attached to an aromatic ring is 1. The highest BCUT2D eigenvalue weighted by atomic mass is 19.1. The zero-order valence-electron chi connectivity index (χ0n) is 8.90. The molecule has 0 bridgehead atoms. The van der Waals surface area contributed by atoms with Crippen molar-refractivity contribution in [2.75, 3.05) is 18.8 Å². The molecule has 1 aromatic carbocycles. The van der Waals surface area contributed by atoms with Crippen LogP contribution in [0.5, 0.6) is 0 Å². The molecule has 16 heavy (non-hydrogen) atoms. The Kier molecular flexibility index (Phi) is 2.35. The summed E-state index contributed by atoms with van der Waals surface area (Å²) in [6.45, 7) is 2.08. The molecular formula is C11H13FN2O2. The maximum Gasteiger partial charge on any atom is 0.257 e. The van der Waals surface area contributed by atoms with E-state index in [-0.39, 0.29) is 18.7 Å². The van der Waals surface area contributed by atoms with Crippen LogP contribution in [-0.2, 0) is 0 Å². The number of halogens is 1. The number of amides is 1. The van der Waals surface area contributed by atoms with Gasteiger partial charge in [0.25, 0.3) is 5.91 Å². The maximum atomic E-state index is 13.4. The molecule has 0 aliphatic carbocycles. The molecule has 5 heteroatoms. The molecule has 4 nitrogen and oxygen atoms in total. The van der Waals surface area contributed by atoms with Crippen molar-refractivity contribution in [3.63, 3.8) is 0 Å². The van der Waals surface area contributed by atoms with Gasteiger partial charge in [0.05, 0.1) is 24.3 Å². The Labute approximate surface area is 92.5 Å². The van der Waals surface area contributed by atoms with Gasteiger partial charge in [-0.15, -0.1) is 0 Å². The van der Waals surface area contributed by atoms with Crippen molar-refractivity contribution in [3.05, 3.63) is 29.6 Å². The number of likely N-dealkylation sites (tertiary alicyclic amines) is 1. The van der Waals surface area contributed by atoms with Crippen LogP contribution < -0.4 is 5.73 Å². The standard InChI is InChI=1S/C11H13FN2O2/c1-11(16)5-14(6-11)10(15)8-4-7(13)2-3-9(8)12/h2-4,16H,5-6,13H2,1H3. The summed E-state index contributed by atoms with van der Waals surface area (Å²) < 4.78 is 13.4. The zero-order chi connectivity index (χ0) is 11.9. The van der Waals surface area contributed by atoms with E-state index in [1.165, 1.54) is 23.1 Å². The van der Waals surface area contributed by atoms with E-state index in [1.807, 2.05) is 0 Å². The average molecular weight is 224 g/mol. The number of hydrogen-bond donors (Lipinski definition) is 2. The lowest BCUT2D eigenvalue weighted by molar-refractivity contribution is -0.0670. The quantitative estimate of drug-likeness (QED) is 0.687. The number of β-amino-alcohol motifs (C(OH)–C–C–N with tert-alkyl or cyclic N) is 1. The molecule has 2 rings (SSSR count). The number of nitrogens with two attached hydrogens (primary N) is 1. The predicted molar refractivity (Wildman–Crippen MR) is 57.3 cm³/mol. The van der Waals surface area contributed by atoms with Gasteiger partial charge in [-0.2, -0.15) is 0 Å². The van der Waals surface area contributed by atoms with Crippen LogP contribution >= 0.6 is 0 Å². The highest BCUT2D eigenvalue weighted by Gasteiger charge is 2.40. The molecule has 86 valence electrons. The summed E-state index contributed by atoms with van der Waals surface area (Å²) in [7, 11) is 0. The molecular weight excluding hydrogens is 211 g/mol. The third-order valence-electron chi connectivity index (χ3n) is 2.57. The molecule has 0 atom stereocenters. The molecule has 0 spiro atoms. The van der Waals surface area contributed by atoms with E-state index < -0.39 is 17.3 Å². The SMILES string of the molecule is CC1(O)CN(C(=O)c2cc(N)ccc2F)C1. The number of benzene rings is 1. The molecule has 1 fully saturated rings. The lowest BCUT2D eigenvalue weighted by Gasteiger charge is -2.44. The van der Waals surface area contributed by atoms with E-state index in [0.29, 0.717) is 5.69 Å². The van der Waals surface area contributed by atoms with E-state index in [2.05, 4.69) is 0 Å². The normalized spacial score (nSPS) is 18.1. The minimum absolute atomic E-state index is 0.0458. The second-order valence-electron chi connectivity index (χ2n) is 4.40. The van der Waals surface area contributed by atoms with Crippen molar-refractivity contribution in [3.8, 4) is 0 Å². The van der Waals surface area contributed by atoms with E-state index in [4.69, 9.17) is 5.73 Å². The van der Waals surface area contributed by atoms with Gasteiger partial charge in [-0.1, -0.05) is 0 Å². The number of anilines is 1. The minimum Gasteiger partial charge on any atom is -0.399 e. The van der Waals surface area contributed by atoms with Gasteiger partial charge >= 0.3 is 0 Å². The van der Waals surface area contributed by atoms with Gasteiger partial charge in [0, 0.05) is 5.69 Å². The summed E-state index contributed by atoms with van der Waals surface area (Å²) in [6.07, 6.45) is 0. The summed E-state index contributed by atoms with van der Waals surface area (Å²) >= 11 is 0. The summed E-state index contributed by atoms with van der Waals surface area (Å²) in [5.41, 5.74) is 4.94. The van der Waals surface area contributed by atoms with E-state index in [0.717, 1.165) is 0 Å². The monoisotopic (exact) mass is 224 g/mol. The highest BCUT2D eigenvalue weighted by Crippen LogP contribution is 2.23. The average Bonchev–Trinajstić information content (AvgIpc) is 2.17. The van der Waals surface area contributed by atoms with Crippen LogP contribution in [0.1, 0.15) is 17.3 Å². The van der Waals surface area contributed by atoms with Crippen LogP contribution in [0, 0.1) is 5.82 Å². The van der Waals surface area contributed by atoms with Crippen LogP contribution in [-0.4, -0.2) is 34.6 Å². The Morgan fingerprint density at radius 2 is 2.19 bits per heavy atom. The fraction of sp³-hybridized carbons (Fsp3) is 0.364. The van der Waals surface area contributed by atoms with Gasteiger partial charge in [0.2, 0.25) is 0 Å². The molecule has 0 unspecified atom stereocenters. The summed E-state index contributed by atoms with van der Waals surface area (Å²) in [6, 6.07) is 3.88. The number of aliphatic hydroxyl groups is 1. The number of nitrogens with zero attached hydrogens (tertiary/aromatic N) is 1. The summed E-state index contributed by atoms with van der Waals surface area (Å²) in [4.78, 5) is 13.2. The molecule has 0 saturated carbocycles. The smallest absolute Gasteiger partial charge is 0.257 e. The summed E-state index contributed by atoms with van der Waals surface area (Å²) in [5, 5.41) is 9.49. The summed E-state index contributed by atoms with van der Waals surface area (Å²) in [5.74, 6) is -1.03. The molecule has 0 radical (unpaired) electrons. The molecule has 1 aliphatic rings. The van der Waals surface area contributed by atoms with E-state index in [1.54, 1.807) is 6.92 Å². The minimum atomic E-state index is -0.855. The number of rotatable bonds is 1. The zero-order valence-corrected chi connectivity index (χ0v) is 8.90. The number of carbonyl (C=O) groups excluding carboxylic acids is 1. The molecule has 1 saturated heterocycles. The Hall–Kier alpha value is -1.62. The van der Waals surface area contributed by atoms with Gasteiger partial charge in [-0.3, -0.25) is 4.79 Å². The lowest BCUT2D eigenvalue weighted by atomic mass is 9.96. The lowest BCUT2D eigenvalue weighted by Crippen LogP contribution is -2.61. The Bertz CT molecular complexity index is 438. The molecule has 3 N–H and O–H groups in total. The third kappa shape index (κ3) is 1.86. The molecule has 1 amide bonds. The van der Waals surface area contributed by atoms with E-state index in [9.17, 15) is 14.3 Å². The van der Waals surface area contributed by atoms with Crippen molar-refractivity contribution < 1.29 is 14.3 Å². The van der Waals surface area contributed by atoms with Gasteiger partial charge in [0.15, 0.2) is 0 Å². The van der Waals surface area contributed by atoms with Crippen molar-refractivity contribution in [2.45, 2.75) is 12.5 Å². The Morgan fingerprint density at radius 1 is 1.56 bits per heavy atom. The molecule has 1 aliphatic heterocycles. The molecule has 1 aromatic rings. The topological polar surface area (TPSA) is 66.6 Å². The second-order valence-corrected chi connectivity index (χ2v) is 4.40. The fourth-order valence-corrected chi connectivity index (χ4v) is 1.80. The first-order valence-electron chi connectivity index (χ1n) is 4.96. The van der Waals surface area contributed by atoms with Crippen molar-refractivity contribution in [2.24, 2.45) is 0 Å². The van der Waals surface area contributed by atoms with Crippen molar-refractivity contribution in [1.82, 2.24) is 4.90 Å². The Morgan fingerprint density at radius 3 is 2.75 bits per heavy atom. The van der Waals surface area contributed by atoms with Crippen LogP contribution in [0.3, 0.4) is 0 Å². The van der Waals surface area contributed by atoms with Gasteiger partial charge in [-0.25, -0.2) is 4.39 Å². The first-order chi connectivity index (χ1) is 7.39. The fourth-order valence-electron chi connectivity index (χ4n) is 1.80. The third-order valence-corrected chi connectivity index (χ3v) is 2.57. The first-order valence-corrected chi connectivity index (χ1v) is 4.96. The van der Waals surface area contributed by atoms with E-state index >= 15 is 0 Å². The van der Waals surface area contributed by atoms with Gasteiger partial charge in [-0.05, 0) is 25.1 Å². The largest absolute Gasteiger partial charge is 0.399 e. The molecule has 1 heterocycles. The van der Waals surface area contributed by atoms with Crippen LogP contribution in [0.2, 0.25) is 0 Å². The van der Waals surface area contributed by atoms with Crippen molar-refractivity contribution in [1.29, 1.82) is 0 Å². The van der Waals surface area contributed by atoms with Crippen LogP contribution in [0.4, 0.5) is 10.1 Å². The first kappa shape index (κ1) is 10.9. The van der Waals surface area contributed by atoms with Crippen molar-refractivity contribution >= 4 is 11.6 Å². The predicted octanol–water partition coefficient (Wildman–Crippen LogP) is 0.615. The second kappa shape index (κ2) is 3.45. The number of hydrogen-bond acceptors (Lipinski definition) is 3. The highest BCUT2D eigenvalue weighted by molar-refractivity contribution is 5.96. The number of carbonyl (C=O) groups is 1. The van der Waals surface area contributed by atoms with Crippen LogP contribution in [0.25, 0.3) is 0 Å². The molecule has 0 aromatic heterocycles. The Balaban J connectivity index is 2.19. The van der Waals surface area contributed by atoms with Gasteiger partial charge in [0.1, 0.15) is 5.82 Å². The maximum absolute atomic E-state index is 13.4. The van der Waals surface area contributed by atoms with Gasteiger partial charge < -0.3 is 15.7 Å².